The van der Waals surface area contributed by atoms with Crippen LogP contribution in [0.25, 0.3) is 6.08 Å². The molecular formula is C25H29FN2O2. The third kappa shape index (κ3) is 3.46. The Hall–Kier alpha value is -2.50. The fourth-order valence-electron chi connectivity index (χ4n) is 5.21. The van der Waals surface area contributed by atoms with Crippen LogP contribution in [0.5, 0.6) is 0 Å². The number of carbonyl (C=O) groups is 1. The summed E-state index contributed by atoms with van der Waals surface area (Å²) in [7, 11) is 0. The van der Waals surface area contributed by atoms with Gasteiger partial charge in [0.2, 0.25) is 5.91 Å². The summed E-state index contributed by atoms with van der Waals surface area (Å²) in [5, 5.41) is 10.2. The van der Waals surface area contributed by atoms with Crippen LogP contribution < -0.4 is 0 Å². The molecule has 1 N–H and O–H groups in total. The van der Waals surface area contributed by atoms with E-state index in [0.29, 0.717) is 26.1 Å². The number of benzene rings is 2. The summed E-state index contributed by atoms with van der Waals surface area (Å²) in [6.07, 6.45) is 4.56. The zero-order valence-electron chi connectivity index (χ0n) is 17.6. The number of amides is 1. The Morgan fingerprint density at radius 3 is 2.57 bits per heavy atom. The lowest BCUT2D eigenvalue weighted by atomic mass is 9.60. The van der Waals surface area contributed by atoms with Crippen LogP contribution in [0.2, 0.25) is 0 Å². The predicted octanol–water partition coefficient (Wildman–Crippen LogP) is 3.81. The van der Waals surface area contributed by atoms with Gasteiger partial charge in [-0.1, -0.05) is 55.5 Å². The summed E-state index contributed by atoms with van der Waals surface area (Å²) in [6, 6.07) is 15.0. The minimum atomic E-state index is -0.255. The Kier molecular flexibility index (Phi) is 5.76. The molecular weight excluding hydrogens is 379 g/mol. The fourth-order valence-corrected chi connectivity index (χ4v) is 5.21. The number of aliphatic hydroxyl groups is 1. The summed E-state index contributed by atoms with van der Waals surface area (Å²) in [5.74, 6) is 0.0349. The Morgan fingerprint density at radius 1 is 1.23 bits per heavy atom. The summed E-state index contributed by atoms with van der Waals surface area (Å²) < 4.78 is 13.7. The first kappa shape index (κ1) is 20.8. The molecule has 5 heteroatoms. The first-order valence-electron chi connectivity index (χ1n) is 10.6. The SMILES string of the molecule is C/C=C/c1ccc([C@H]2[C@@H](CO)N(Cc3cccc(F)c3)C23CN(C(=O)CC)C3)cc1. The smallest absolute Gasteiger partial charge is 0.222 e. The van der Waals surface area contributed by atoms with Gasteiger partial charge in [-0.25, -0.2) is 4.39 Å². The zero-order chi connectivity index (χ0) is 21.3. The molecule has 2 aliphatic rings. The Balaban J connectivity index is 1.64. The summed E-state index contributed by atoms with van der Waals surface area (Å²) >= 11 is 0. The van der Waals surface area contributed by atoms with Crippen molar-refractivity contribution in [3.8, 4) is 0 Å². The maximum Gasteiger partial charge on any atom is 0.222 e. The molecule has 2 aromatic carbocycles. The normalized spacial score (nSPS) is 22.9. The van der Waals surface area contributed by atoms with Gasteiger partial charge in [0.15, 0.2) is 0 Å². The third-order valence-corrected chi connectivity index (χ3v) is 6.60. The van der Waals surface area contributed by atoms with Gasteiger partial charge in [-0.3, -0.25) is 9.69 Å². The fraction of sp³-hybridized carbons (Fsp3) is 0.400. The highest BCUT2D eigenvalue weighted by Gasteiger charge is 2.66. The highest BCUT2D eigenvalue weighted by Crippen LogP contribution is 2.54. The Labute approximate surface area is 177 Å². The van der Waals surface area contributed by atoms with E-state index in [1.807, 2.05) is 30.9 Å². The molecule has 0 unspecified atom stereocenters. The van der Waals surface area contributed by atoms with Crippen LogP contribution >= 0.6 is 0 Å². The van der Waals surface area contributed by atoms with Crippen LogP contribution in [0, 0.1) is 5.82 Å². The van der Waals surface area contributed by atoms with E-state index in [2.05, 4.69) is 35.2 Å². The minimum absolute atomic E-state index is 0.0278. The van der Waals surface area contributed by atoms with Crippen LogP contribution in [0.1, 0.15) is 42.9 Å². The van der Waals surface area contributed by atoms with E-state index in [4.69, 9.17) is 0 Å². The van der Waals surface area contributed by atoms with Gasteiger partial charge in [0.05, 0.1) is 12.1 Å². The highest BCUT2D eigenvalue weighted by molar-refractivity contribution is 5.77. The number of allylic oxidation sites excluding steroid dienone is 1. The lowest BCUT2D eigenvalue weighted by Gasteiger charge is -2.71. The van der Waals surface area contributed by atoms with Crippen molar-refractivity contribution in [2.75, 3.05) is 19.7 Å². The van der Waals surface area contributed by atoms with E-state index in [1.165, 1.54) is 11.6 Å². The molecule has 2 aromatic rings. The Bertz CT molecular complexity index is 934. The zero-order valence-corrected chi connectivity index (χ0v) is 17.6. The van der Waals surface area contributed by atoms with Gasteiger partial charge >= 0.3 is 0 Å². The van der Waals surface area contributed by atoms with Gasteiger partial charge in [0.25, 0.3) is 0 Å². The highest BCUT2D eigenvalue weighted by atomic mass is 19.1. The molecule has 2 saturated heterocycles. The topological polar surface area (TPSA) is 43.8 Å². The molecule has 2 fully saturated rings. The quantitative estimate of drug-likeness (QED) is 0.791. The van der Waals surface area contributed by atoms with E-state index in [1.54, 1.807) is 12.1 Å². The lowest BCUT2D eigenvalue weighted by molar-refractivity contribution is -0.200. The van der Waals surface area contributed by atoms with E-state index in [9.17, 15) is 14.3 Å². The van der Waals surface area contributed by atoms with E-state index in [-0.39, 0.29) is 35.8 Å². The number of likely N-dealkylation sites (tertiary alicyclic amines) is 2. The van der Waals surface area contributed by atoms with Gasteiger partial charge in [-0.15, -0.1) is 0 Å². The molecule has 4 rings (SSSR count). The van der Waals surface area contributed by atoms with Crippen molar-refractivity contribution in [3.63, 3.8) is 0 Å². The van der Waals surface area contributed by atoms with Crippen LogP contribution in [-0.2, 0) is 11.3 Å². The molecule has 1 spiro atoms. The number of hydrogen-bond acceptors (Lipinski definition) is 3. The molecule has 2 atom stereocenters. The van der Waals surface area contributed by atoms with Gasteiger partial charge < -0.3 is 10.0 Å². The van der Waals surface area contributed by atoms with Crippen molar-refractivity contribution in [1.29, 1.82) is 0 Å². The second kappa shape index (κ2) is 8.32. The molecule has 0 saturated carbocycles. The minimum Gasteiger partial charge on any atom is -0.395 e. The van der Waals surface area contributed by atoms with Gasteiger partial charge in [-0.2, -0.15) is 0 Å². The average molecular weight is 409 g/mol. The van der Waals surface area contributed by atoms with Crippen LogP contribution in [0.4, 0.5) is 4.39 Å². The van der Waals surface area contributed by atoms with Crippen molar-refractivity contribution in [2.24, 2.45) is 0 Å². The number of carbonyl (C=O) groups excluding carboxylic acids is 1. The molecule has 0 aliphatic carbocycles. The predicted molar refractivity (Wildman–Crippen MR) is 116 cm³/mol. The molecule has 2 heterocycles. The van der Waals surface area contributed by atoms with Crippen LogP contribution in [-0.4, -0.2) is 52.1 Å². The number of rotatable bonds is 6. The molecule has 0 aromatic heterocycles. The summed E-state index contributed by atoms with van der Waals surface area (Å²) in [4.78, 5) is 16.4. The maximum absolute atomic E-state index is 13.7. The standard InChI is InChI=1S/C25H29FN2O2/c1-3-6-18-9-11-20(12-10-18)24-22(15-29)28(14-19-7-5-8-21(26)13-19)25(24)16-27(17-25)23(30)4-2/h3,5-13,22,24,29H,4,14-17H2,1-2H3/b6-3+/t22-,24+/m1/s1. The molecule has 4 nitrogen and oxygen atoms in total. The summed E-state index contributed by atoms with van der Waals surface area (Å²) in [5.41, 5.74) is 2.99. The van der Waals surface area contributed by atoms with Crippen molar-refractivity contribution in [3.05, 3.63) is 77.1 Å². The Morgan fingerprint density at radius 2 is 1.97 bits per heavy atom. The number of aliphatic hydroxyl groups excluding tert-OH is 1. The second-order valence-electron chi connectivity index (χ2n) is 8.36. The molecule has 0 bridgehead atoms. The molecule has 0 radical (unpaired) electrons. The van der Waals surface area contributed by atoms with E-state index >= 15 is 0 Å². The molecule has 1 amide bonds. The first-order valence-corrected chi connectivity index (χ1v) is 10.6. The maximum atomic E-state index is 13.7. The lowest BCUT2D eigenvalue weighted by Crippen LogP contribution is -2.84. The number of halogens is 1. The third-order valence-electron chi connectivity index (χ3n) is 6.60. The van der Waals surface area contributed by atoms with Crippen molar-refractivity contribution in [2.45, 2.75) is 44.3 Å². The van der Waals surface area contributed by atoms with Crippen molar-refractivity contribution >= 4 is 12.0 Å². The molecule has 30 heavy (non-hydrogen) atoms. The van der Waals surface area contributed by atoms with Crippen molar-refractivity contribution < 1.29 is 14.3 Å². The largest absolute Gasteiger partial charge is 0.395 e. The monoisotopic (exact) mass is 408 g/mol. The van der Waals surface area contributed by atoms with Gasteiger partial charge in [-0.05, 0) is 35.7 Å². The molecule has 2 aliphatic heterocycles. The van der Waals surface area contributed by atoms with Crippen LogP contribution in [0.3, 0.4) is 0 Å². The number of nitrogens with zero attached hydrogens (tertiary/aromatic N) is 2. The average Bonchev–Trinajstić information content (AvgIpc) is 2.71. The molecule has 158 valence electrons. The second-order valence-corrected chi connectivity index (χ2v) is 8.36. The number of hydrogen-bond donors (Lipinski definition) is 1. The van der Waals surface area contributed by atoms with Gasteiger partial charge in [0.1, 0.15) is 5.82 Å². The van der Waals surface area contributed by atoms with Gasteiger partial charge in [0, 0.05) is 38.0 Å². The van der Waals surface area contributed by atoms with Crippen molar-refractivity contribution in [1.82, 2.24) is 9.80 Å². The van der Waals surface area contributed by atoms with E-state index in [0.717, 1.165) is 11.1 Å². The first-order chi connectivity index (χ1) is 14.5. The summed E-state index contributed by atoms with van der Waals surface area (Å²) in [6.45, 7) is 5.76. The van der Waals surface area contributed by atoms with E-state index < -0.39 is 0 Å². The van der Waals surface area contributed by atoms with Crippen LogP contribution in [0.15, 0.2) is 54.6 Å².